The molecule has 7 heteroatoms. The molecule has 2 aromatic heterocycles. The number of pyridine rings is 1. The van der Waals surface area contributed by atoms with Crippen LogP contribution in [0.5, 0.6) is 5.75 Å². The quantitative estimate of drug-likeness (QED) is 0.531. The Hall–Kier alpha value is -3.03. The molecule has 0 N–H and O–H groups in total. The number of fused-ring (bicyclic) bond motifs is 1. The van der Waals surface area contributed by atoms with E-state index in [4.69, 9.17) is 4.74 Å². The summed E-state index contributed by atoms with van der Waals surface area (Å²) in [6.07, 6.45) is 5.29. The largest absolute Gasteiger partial charge is 0.491 e. The Morgan fingerprint density at radius 3 is 2.91 bits per heavy atom. The van der Waals surface area contributed by atoms with Gasteiger partial charge < -0.3 is 9.64 Å². The van der Waals surface area contributed by atoms with Gasteiger partial charge in [-0.05, 0) is 60.7 Å². The van der Waals surface area contributed by atoms with Crippen molar-refractivity contribution in [2.75, 3.05) is 26.2 Å². The highest BCUT2D eigenvalue weighted by Crippen LogP contribution is 2.28. The molecule has 1 atom stereocenters. The first-order valence-electron chi connectivity index (χ1n) is 11.4. The number of Topliss-reactive ketones (excluding diaryl/α,β-unsaturated/α-hetero) is 1. The molecule has 1 fully saturated rings. The van der Waals surface area contributed by atoms with Crippen LogP contribution in [0, 0.1) is 5.92 Å². The Labute approximate surface area is 197 Å². The van der Waals surface area contributed by atoms with E-state index in [0.29, 0.717) is 25.3 Å². The van der Waals surface area contributed by atoms with Crippen LogP contribution in [0.2, 0.25) is 0 Å². The predicted octanol–water partition coefficient (Wildman–Crippen LogP) is 4.27. The monoisotopic (exact) mass is 461 g/mol. The maximum absolute atomic E-state index is 12.9. The summed E-state index contributed by atoms with van der Waals surface area (Å²) in [4.78, 5) is 34.9. The molecule has 2 aliphatic rings. The lowest BCUT2D eigenvalue weighted by molar-refractivity contribution is 0.0738. The van der Waals surface area contributed by atoms with Crippen LogP contribution < -0.4 is 4.74 Å². The fraction of sp³-hybridized carbons (Fsp3) is 0.346. The van der Waals surface area contributed by atoms with E-state index < -0.39 is 0 Å². The first-order valence-corrected chi connectivity index (χ1v) is 12.3. The van der Waals surface area contributed by atoms with E-state index in [1.54, 1.807) is 12.4 Å². The van der Waals surface area contributed by atoms with E-state index in [9.17, 15) is 9.59 Å². The summed E-state index contributed by atoms with van der Waals surface area (Å²) in [5.74, 6) is 1.10. The number of nitrogens with zero attached hydrogens (tertiary/aromatic N) is 3. The van der Waals surface area contributed by atoms with Crippen LogP contribution in [0.4, 0.5) is 0 Å². The number of piperidine rings is 1. The minimum Gasteiger partial charge on any atom is -0.491 e. The van der Waals surface area contributed by atoms with Crippen molar-refractivity contribution in [1.29, 1.82) is 0 Å². The molecule has 0 radical (unpaired) electrons. The molecule has 6 nitrogen and oxygen atoms in total. The van der Waals surface area contributed by atoms with Crippen molar-refractivity contribution in [2.24, 2.45) is 5.92 Å². The lowest BCUT2D eigenvalue weighted by atomic mass is 9.90. The van der Waals surface area contributed by atoms with Gasteiger partial charge in [-0.15, -0.1) is 11.3 Å². The zero-order chi connectivity index (χ0) is 22.6. The molecule has 1 aromatic carbocycles. The van der Waals surface area contributed by atoms with Crippen LogP contribution in [-0.4, -0.2) is 52.7 Å². The van der Waals surface area contributed by atoms with Crippen LogP contribution in [0.25, 0.3) is 0 Å². The summed E-state index contributed by atoms with van der Waals surface area (Å²) in [5.41, 5.74) is 2.91. The zero-order valence-electron chi connectivity index (χ0n) is 18.5. The summed E-state index contributed by atoms with van der Waals surface area (Å²) >= 11 is 1.47. The maximum atomic E-state index is 12.9. The normalized spacial score (nSPS) is 18.8. The average Bonchev–Trinajstić information content (AvgIpc) is 3.31. The molecule has 0 spiro atoms. The fourth-order valence-corrected chi connectivity index (χ4v) is 5.38. The molecule has 170 valence electrons. The van der Waals surface area contributed by atoms with E-state index in [0.717, 1.165) is 48.7 Å². The first kappa shape index (κ1) is 21.8. The molecular formula is C26H27N3O3S. The van der Waals surface area contributed by atoms with Crippen molar-refractivity contribution < 1.29 is 14.3 Å². The first-order chi connectivity index (χ1) is 16.2. The number of thiophene rings is 1. The topological polar surface area (TPSA) is 62.7 Å². The van der Waals surface area contributed by atoms with Gasteiger partial charge in [0.05, 0.1) is 11.4 Å². The third kappa shape index (κ3) is 4.99. The minimum atomic E-state index is 0.00557. The van der Waals surface area contributed by atoms with Crippen molar-refractivity contribution in [1.82, 2.24) is 14.8 Å². The highest BCUT2D eigenvalue weighted by atomic mass is 32.1. The molecule has 1 unspecified atom stereocenters. The van der Waals surface area contributed by atoms with Gasteiger partial charge in [-0.25, -0.2) is 0 Å². The molecule has 3 aromatic rings. The van der Waals surface area contributed by atoms with Gasteiger partial charge in [0.2, 0.25) is 0 Å². The molecule has 0 aliphatic carbocycles. The standard InChI is InChI=1S/C26H27N3O3S/c30-25(20-4-1-9-27-15-20)21-5-2-10-28(17-21)16-19-7-8-23-22(14-19)18-29(11-12-32-23)26(31)24-6-3-13-33-24/h1,3-4,6-9,13-15,21H,2,5,10-12,16-18H2. The number of carbonyl (C=O) groups is 2. The molecular weight excluding hydrogens is 434 g/mol. The summed E-state index contributed by atoms with van der Waals surface area (Å²) < 4.78 is 5.93. The van der Waals surface area contributed by atoms with Gasteiger partial charge >= 0.3 is 0 Å². The van der Waals surface area contributed by atoms with E-state index in [2.05, 4.69) is 22.0 Å². The second-order valence-electron chi connectivity index (χ2n) is 8.67. The van der Waals surface area contributed by atoms with E-state index in [1.807, 2.05) is 40.6 Å². The number of aromatic nitrogens is 1. The highest BCUT2D eigenvalue weighted by Gasteiger charge is 2.27. The number of hydrogen-bond donors (Lipinski definition) is 0. The number of likely N-dealkylation sites (tertiary alicyclic amines) is 1. The van der Waals surface area contributed by atoms with Gasteiger partial charge in [-0.2, -0.15) is 0 Å². The molecule has 0 bridgehead atoms. The number of benzene rings is 1. The third-order valence-corrected chi connectivity index (χ3v) is 7.21. The Balaban J connectivity index is 1.27. The van der Waals surface area contributed by atoms with E-state index in [1.165, 1.54) is 16.9 Å². The Morgan fingerprint density at radius 1 is 1.15 bits per heavy atom. The predicted molar refractivity (Wildman–Crippen MR) is 128 cm³/mol. The van der Waals surface area contributed by atoms with Crippen LogP contribution >= 0.6 is 11.3 Å². The smallest absolute Gasteiger partial charge is 0.264 e. The van der Waals surface area contributed by atoms with Crippen molar-refractivity contribution in [3.05, 3.63) is 81.8 Å². The van der Waals surface area contributed by atoms with Crippen LogP contribution in [0.1, 0.15) is 44.0 Å². The molecule has 1 amide bonds. The molecule has 4 heterocycles. The van der Waals surface area contributed by atoms with Crippen LogP contribution in [0.15, 0.2) is 60.2 Å². The summed E-state index contributed by atoms with van der Waals surface area (Å²) in [6, 6.07) is 13.7. The number of amides is 1. The molecule has 33 heavy (non-hydrogen) atoms. The maximum Gasteiger partial charge on any atom is 0.264 e. The van der Waals surface area contributed by atoms with Crippen LogP contribution in [-0.2, 0) is 13.1 Å². The van der Waals surface area contributed by atoms with Gasteiger partial charge in [-0.1, -0.05) is 12.1 Å². The molecule has 5 rings (SSSR count). The van der Waals surface area contributed by atoms with E-state index in [-0.39, 0.29) is 17.6 Å². The van der Waals surface area contributed by atoms with Gasteiger partial charge in [0.25, 0.3) is 5.91 Å². The molecule has 0 saturated carbocycles. The van der Waals surface area contributed by atoms with Gasteiger partial charge in [0, 0.05) is 49.1 Å². The number of ketones is 1. The summed E-state index contributed by atoms with van der Waals surface area (Å²) in [5, 5.41) is 1.93. The Kier molecular flexibility index (Phi) is 6.51. The molecule has 1 saturated heterocycles. The zero-order valence-corrected chi connectivity index (χ0v) is 19.3. The van der Waals surface area contributed by atoms with Gasteiger partial charge in [-0.3, -0.25) is 19.5 Å². The van der Waals surface area contributed by atoms with Gasteiger partial charge in [0.1, 0.15) is 12.4 Å². The number of ether oxygens (including phenoxy) is 1. The second-order valence-corrected chi connectivity index (χ2v) is 9.62. The summed E-state index contributed by atoms with van der Waals surface area (Å²) in [7, 11) is 0. The lowest BCUT2D eigenvalue weighted by Crippen LogP contribution is -2.38. The Morgan fingerprint density at radius 2 is 2.09 bits per heavy atom. The van der Waals surface area contributed by atoms with Crippen molar-refractivity contribution in [3.63, 3.8) is 0 Å². The lowest BCUT2D eigenvalue weighted by Gasteiger charge is -2.32. The molecule has 2 aliphatic heterocycles. The van der Waals surface area contributed by atoms with E-state index >= 15 is 0 Å². The number of rotatable bonds is 5. The number of carbonyl (C=O) groups excluding carboxylic acids is 2. The minimum absolute atomic E-state index is 0.00557. The second kappa shape index (κ2) is 9.85. The van der Waals surface area contributed by atoms with Crippen molar-refractivity contribution in [2.45, 2.75) is 25.9 Å². The van der Waals surface area contributed by atoms with Crippen molar-refractivity contribution >= 4 is 23.0 Å². The fourth-order valence-electron chi connectivity index (χ4n) is 4.69. The average molecular weight is 462 g/mol. The summed E-state index contributed by atoms with van der Waals surface area (Å²) in [6.45, 7) is 4.13. The Bertz CT molecular complexity index is 1120. The van der Waals surface area contributed by atoms with Gasteiger partial charge in [0.15, 0.2) is 5.78 Å². The SMILES string of the molecule is O=C(c1cccnc1)C1CCCN(Cc2ccc3c(c2)CN(C(=O)c2cccs2)CCO3)C1. The van der Waals surface area contributed by atoms with Crippen LogP contribution in [0.3, 0.4) is 0 Å². The van der Waals surface area contributed by atoms with Crippen molar-refractivity contribution in [3.8, 4) is 5.75 Å². The third-order valence-electron chi connectivity index (χ3n) is 6.35. The number of hydrogen-bond acceptors (Lipinski definition) is 6. The highest BCUT2D eigenvalue weighted by molar-refractivity contribution is 7.12.